The van der Waals surface area contributed by atoms with E-state index in [2.05, 4.69) is 0 Å². The lowest BCUT2D eigenvalue weighted by molar-refractivity contribution is 0.466. The summed E-state index contributed by atoms with van der Waals surface area (Å²) in [6.07, 6.45) is 0.317. The van der Waals surface area contributed by atoms with Crippen molar-refractivity contribution in [3.63, 3.8) is 0 Å². The molecule has 1 rings (SSSR count). The van der Waals surface area contributed by atoms with Gasteiger partial charge in [0.25, 0.3) is 0 Å². The van der Waals surface area contributed by atoms with Crippen LogP contribution in [-0.2, 0) is 32.1 Å². The molecule has 21 heavy (non-hydrogen) atoms. The third kappa shape index (κ3) is 4.68. The summed E-state index contributed by atoms with van der Waals surface area (Å²) < 4.78 is 63.7. The Morgan fingerprint density at radius 2 is 0.810 bits per heavy atom. The van der Waals surface area contributed by atoms with Crippen molar-refractivity contribution in [3.05, 3.63) is 33.9 Å². The van der Waals surface area contributed by atoms with E-state index in [4.69, 9.17) is 0 Å². The number of hydrogen-bond acceptors (Lipinski definition) is 0. The van der Waals surface area contributed by atoms with Gasteiger partial charge in [-0.1, -0.05) is 6.07 Å². The van der Waals surface area contributed by atoms with E-state index in [-0.39, 0.29) is 32.1 Å². The van der Waals surface area contributed by atoms with Crippen molar-refractivity contribution in [2.75, 3.05) is 33.4 Å². The minimum Gasteiger partial charge on any atom is -0.251 e. The normalized spacial score (nSPS) is 11.1. The van der Waals surface area contributed by atoms with Crippen LogP contribution in [0.3, 0.4) is 0 Å². The van der Waals surface area contributed by atoms with E-state index < -0.39 is 33.4 Å². The van der Waals surface area contributed by atoms with Gasteiger partial charge in [-0.25, -0.2) is 0 Å². The molecule has 0 nitrogen and oxygen atoms in total. The molecule has 120 valence electrons. The molecule has 0 heterocycles. The van der Waals surface area contributed by atoms with Crippen LogP contribution in [0.25, 0.3) is 0 Å². The predicted octanol–water partition coefficient (Wildman–Crippen LogP) is 4.25. The van der Waals surface area contributed by atoms with Gasteiger partial charge in [0.1, 0.15) is 0 Å². The Balaban J connectivity index is 3.44. The van der Waals surface area contributed by atoms with Crippen LogP contribution in [-0.4, -0.2) is 33.4 Å². The minimum absolute atomic E-state index is 0.0318. The molecule has 0 unspecified atom stereocenters. The maximum atomic E-state index is 12.8. The van der Waals surface area contributed by atoms with E-state index in [0.717, 1.165) is 0 Å². The predicted molar refractivity (Wildman–Crippen MR) is 74.8 cm³/mol. The van der Waals surface area contributed by atoms with Crippen molar-refractivity contribution in [1.29, 1.82) is 0 Å². The topological polar surface area (TPSA) is 0 Å². The molecule has 5 heteroatoms. The van der Waals surface area contributed by atoms with Gasteiger partial charge in [-0.05, 0) is 27.8 Å². The molecule has 0 amide bonds. The van der Waals surface area contributed by atoms with Crippen molar-refractivity contribution < 1.29 is 22.0 Å². The van der Waals surface area contributed by atoms with E-state index >= 15 is 0 Å². The van der Waals surface area contributed by atoms with Crippen molar-refractivity contribution in [2.45, 2.75) is 32.1 Å². The molecule has 0 aliphatic rings. The van der Waals surface area contributed by atoms with E-state index in [1.165, 1.54) is 0 Å². The monoisotopic (exact) mass is 308 g/mol. The molecule has 0 saturated carbocycles. The highest BCUT2D eigenvalue weighted by molar-refractivity contribution is 5.47. The van der Waals surface area contributed by atoms with Gasteiger partial charge in [0.05, 0.1) is 33.4 Å². The SMILES string of the molecule is FCCc1cc(CCF)c(CCF)c(CCF)c1CCF. The second kappa shape index (κ2) is 9.74. The van der Waals surface area contributed by atoms with E-state index in [1.807, 2.05) is 0 Å². The quantitative estimate of drug-likeness (QED) is 0.567. The molecule has 0 N–H and O–H groups in total. The summed E-state index contributed by atoms with van der Waals surface area (Å²) in [5.41, 5.74) is 2.86. The molecular weight excluding hydrogens is 287 g/mol. The molecule has 0 spiro atoms. The third-order valence-corrected chi connectivity index (χ3v) is 3.61. The first kappa shape index (κ1) is 17.9. The summed E-state index contributed by atoms with van der Waals surface area (Å²) in [5, 5.41) is 0. The summed E-state index contributed by atoms with van der Waals surface area (Å²) in [4.78, 5) is 0. The maximum Gasteiger partial charge on any atom is 0.0934 e. The van der Waals surface area contributed by atoms with Crippen molar-refractivity contribution in [3.8, 4) is 0 Å². The lowest BCUT2D eigenvalue weighted by Crippen LogP contribution is -2.12. The Morgan fingerprint density at radius 1 is 0.476 bits per heavy atom. The fourth-order valence-corrected chi connectivity index (χ4v) is 2.81. The first-order valence-corrected chi connectivity index (χ1v) is 7.18. The second-order valence-corrected chi connectivity index (χ2v) is 4.83. The van der Waals surface area contributed by atoms with Gasteiger partial charge in [-0.3, -0.25) is 22.0 Å². The van der Waals surface area contributed by atoms with Gasteiger partial charge in [-0.15, -0.1) is 0 Å². The van der Waals surface area contributed by atoms with Gasteiger partial charge in [-0.2, -0.15) is 0 Å². The van der Waals surface area contributed by atoms with E-state index in [0.29, 0.717) is 27.8 Å². The molecule has 0 atom stereocenters. The lowest BCUT2D eigenvalue weighted by atomic mass is 9.85. The minimum atomic E-state index is -0.660. The van der Waals surface area contributed by atoms with Crippen LogP contribution in [0.2, 0.25) is 0 Å². The van der Waals surface area contributed by atoms with Gasteiger partial charge in [0, 0.05) is 32.1 Å². The van der Waals surface area contributed by atoms with Crippen molar-refractivity contribution in [2.24, 2.45) is 0 Å². The molecule has 0 saturated heterocycles. The average Bonchev–Trinajstić information content (AvgIpc) is 2.47. The maximum absolute atomic E-state index is 12.8. The summed E-state index contributed by atoms with van der Waals surface area (Å²) >= 11 is 0. The Morgan fingerprint density at radius 3 is 1.14 bits per heavy atom. The van der Waals surface area contributed by atoms with Gasteiger partial charge in [0.15, 0.2) is 0 Å². The van der Waals surface area contributed by atoms with Crippen LogP contribution in [0, 0.1) is 0 Å². The smallest absolute Gasteiger partial charge is 0.0934 e. The summed E-state index contributed by atoms with van der Waals surface area (Å²) in [7, 11) is 0. The molecule has 0 aromatic heterocycles. The number of benzene rings is 1. The first-order valence-electron chi connectivity index (χ1n) is 7.18. The standard InChI is InChI=1S/C16H21F5/c17-6-1-12-11-13(2-7-18)15(4-9-20)16(5-10-21)14(12)3-8-19/h11H,1-10H2. The molecule has 0 aliphatic carbocycles. The number of halogens is 5. The van der Waals surface area contributed by atoms with Crippen LogP contribution in [0.1, 0.15) is 27.8 Å². The molecule has 1 aromatic carbocycles. The Kier molecular flexibility index (Phi) is 8.31. The first-order chi connectivity index (χ1) is 10.2. The third-order valence-electron chi connectivity index (χ3n) is 3.61. The van der Waals surface area contributed by atoms with Crippen LogP contribution in [0.4, 0.5) is 22.0 Å². The zero-order chi connectivity index (χ0) is 15.7. The summed E-state index contributed by atoms with van der Waals surface area (Å²) in [6.45, 7) is -3.18. The number of aryl methyl sites for hydroxylation is 2. The second-order valence-electron chi connectivity index (χ2n) is 4.83. The Labute approximate surface area is 122 Å². The molecule has 0 fully saturated rings. The fraction of sp³-hybridized carbons (Fsp3) is 0.625. The van der Waals surface area contributed by atoms with Crippen LogP contribution < -0.4 is 0 Å². The highest BCUT2D eigenvalue weighted by atomic mass is 19.1. The van der Waals surface area contributed by atoms with Crippen LogP contribution in [0.5, 0.6) is 0 Å². The number of rotatable bonds is 10. The molecule has 0 bridgehead atoms. The van der Waals surface area contributed by atoms with Gasteiger partial charge >= 0.3 is 0 Å². The van der Waals surface area contributed by atoms with Gasteiger partial charge in [0.2, 0.25) is 0 Å². The van der Waals surface area contributed by atoms with E-state index in [1.54, 1.807) is 6.07 Å². The highest BCUT2D eigenvalue weighted by Crippen LogP contribution is 2.27. The number of hydrogen-bond donors (Lipinski definition) is 0. The Bertz CT molecular complexity index is 397. The van der Waals surface area contributed by atoms with Crippen LogP contribution in [0.15, 0.2) is 6.07 Å². The average molecular weight is 308 g/mol. The Hall–Kier alpha value is -1.13. The van der Waals surface area contributed by atoms with E-state index in [9.17, 15) is 22.0 Å². The van der Waals surface area contributed by atoms with Crippen molar-refractivity contribution >= 4 is 0 Å². The summed E-state index contributed by atoms with van der Waals surface area (Å²) in [5.74, 6) is 0. The highest BCUT2D eigenvalue weighted by Gasteiger charge is 2.17. The van der Waals surface area contributed by atoms with Crippen molar-refractivity contribution in [1.82, 2.24) is 0 Å². The zero-order valence-corrected chi connectivity index (χ0v) is 12.0. The van der Waals surface area contributed by atoms with Crippen LogP contribution >= 0.6 is 0 Å². The molecule has 0 radical (unpaired) electrons. The molecule has 0 aliphatic heterocycles. The van der Waals surface area contributed by atoms with Gasteiger partial charge < -0.3 is 0 Å². The fourth-order valence-electron chi connectivity index (χ4n) is 2.81. The summed E-state index contributed by atoms with van der Waals surface area (Å²) in [6, 6.07) is 1.64. The number of alkyl halides is 5. The largest absolute Gasteiger partial charge is 0.251 e. The molecule has 1 aromatic rings. The lowest BCUT2D eigenvalue weighted by Gasteiger charge is -2.21. The zero-order valence-electron chi connectivity index (χ0n) is 12.0. The molecular formula is C16H21F5.